The first-order valence-electron chi connectivity index (χ1n) is 3.97. The maximum atomic E-state index is 12.9. The minimum absolute atomic E-state index is 0.207. The Hall–Kier alpha value is -0.510. The first-order chi connectivity index (χ1) is 5.61. The van der Waals surface area contributed by atoms with Gasteiger partial charge in [-0.3, -0.25) is 4.79 Å². The SMILES string of the molecule is C[SH](C)NC(=O)C1=C(F)CCC1. The fraction of sp³-hybridized carbons (Fsp3) is 0.625. The van der Waals surface area contributed by atoms with Crippen molar-refractivity contribution in [3.63, 3.8) is 0 Å². The summed E-state index contributed by atoms with van der Waals surface area (Å²) in [5, 5.41) is 0. The molecule has 0 spiro atoms. The average Bonchev–Trinajstić information content (AvgIpc) is 2.33. The number of nitrogens with one attached hydrogen (secondary N) is 1. The molecular formula is C8H14FNOS. The van der Waals surface area contributed by atoms with Gasteiger partial charge in [-0.1, -0.05) is 0 Å². The summed E-state index contributed by atoms with van der Waals surface area (Å²) in [6.45, 7) is 0. The average molecular weight is 191 g/mol. The monoisotopic (exact) mass is 191 g/mol. The summed E-state index contributed by atoms with van der Waals surface area (Å²) < 4.78 is 15.7. The molecule has 0 aliphatic heterocycles. The Morgan fingerprint density at radius 3 is 2.58 bits per heavy atom. The number of carbonyl (C=O) groups is 1. The van der Waals surface area contributed by atoms with Crippen molar-refractivity contribution in [1.82, 2.24) is 4.72 Å². The second kappa shape index (κ2) is 3.94. The predicted molar refractivity (Wildman–Crippen MR) is 51.0 cm³/mol. The van der Waals surface area contributed by atoms with E-state index in [0.29, 0.717) is 18.4 Å². The Kier molecular flexibility index (Phi) is 3.14. The Morgan fingerprint density at radius 2 is 2.17 bits per heavy atom. The molecule has 0 aromatic heterocycles. The largest absolute Gasteiger partial charge is 0.317 e. The number of amides is 1. The van der Waals surface area contributed by atoms with Crippen LogP contribution in [0.15, 0.2) is 11.4 Å². The molecular weight excluding hydrogens is 177 g/mol. The van der Waals surface area contributed by atoms with Crippen LogP contribution in [-0.2, 0) is 4.79 Å². The molecule has 0 fully saturated rings. The first kappa shape index (κ1) is 9.58. The Morgan fingerprint density at radius 1 is 1.50 bits per heavy atom. The van der Waals surface area contributed by atoms with Crippen LogP contribution in [0.3, 0.4) is 0 Å². The number of carbonyl (C=O) groups excluding carboxylic acids is 1. The van der Waals surface area contributed by atoms with Gasteiger partial charge in [0, 0.05) is 5.57 Å². The second-order valence-electron chi connectivity index (χ2n) is 3.07. The van der Waals surface area contributed by atoms with Crippen molar-refractivity contribution < 1.29 is 9.18 Å². The van der Waals surface area contributed by atoms with Gasteiger partial charge in [0.1, 0.15) is 5.83 Å². The summed E-state index contributed by atoms with van der Waals surface area (Å²) in [5.74, 6) is -0.425. The van der Waals surface area contributed by atoms with E-state index in [1.165, 1.54) is 0 Å². The molecule has 2 nitrogen and oxygen atoms in total. The van der Waals surface area contributed by atoms with Gasteiger partial charge in [0.25, 0.3) is 5.91 Å². The van der Waals surface area contributed by atoms with E-state index in [-0.39, 0.29) is 11.7 Å². The van der Waals surface area contributed by atoms with Crippen molar-refractivity contribution in [3.05, 3.63) is 11.4 Å². The van der Waals surface area contributed by atoms with Gasteiger partial charge in [0.2, 0.25) is 0 Å². The minimum atomic E-state index is -0.475. The fourth-order valence-electron chi connectivity index (χ4n) is 1.21. The zero-order chi connectivity index (χ0) is 9.14. The number of thiol groups is 1. The molecule has 70 valence electrons. The van der Waals surface area contributed by atoms with Crippen LogP contribution < -0.4 is 4.72 Å². The summed E-state index contributed by atoms with van der Waals surface area (Å²) in [6.07, 6.45) is 5.68. The van der Waals surface area contributed by atoms with E-state index in [1.807, 2.05) is 12.5 Å². The van der Waals surface area contributed by atoms with E-state index in [2.05, 4.69) is 4.72 Å². The van der Waals surface area contributed by atoms with Gasteiger partial charge in [-0.2, -0.15) is 11.1 Å². The fourth-order valence-corrected chi connectivity index (χ4v) is 1.76. The van der Waals surface area contributed by atoms with Crippen LogP contribution in [0, 0.1) is 0 Å². The van der Waals surface area contributed by atoms with Gasteiger partial charge in [-0.05, 0) is 31.8 Å². The van der Waals surface area contributed by atoms with E-state index < -0.39 is 11.1 Å². The van der Waals surface area contributed by atoms with Gasteiger partial charge in [-0.25, -0.2) is 4.39 Å². The molecule has 0 atom stereocenters. The Balaban J connectivity index is 2.58. The van der Waals surface area contributed by atoms with Crippen LogP contribution in [-0.4, -0.2) is 18.4 Å². The standard InChI is InChI=1S/C8H14FNOS/c1-12(2)10-8(11)6-4-3-5-7(6)9/h12H,3-5H2,1-2H3,(H,10,11). The molecule has 0 aromatic rings. The van der Waals surface area contributed by atoms with Crippen LogP contribution in [0.2, 0.25) is 0 Å². The molecule has 0 aromatic carbocycles. The van der Waals surface area contributed by atoms with Gasteiger partial charge in [0.05, 0.1) is 0 Å². The lowest BCUT2D eigenvalue weighted by Crippen LogP contribution is -2.20. The topological polar surface area (TPSA) is 29.1 Å². The van der Waals surface area contributed by atoms with Crippen LogP contribution in [0.1, 0.15) is 19.3 Å². The lowest BCUT2D eigenvalue weighted by atomic mass is 10.2. The zero-order valence-electron chi connectivity index (χ0n) is 7.35. The molecule has 1 rings (SSSR count). The van der Waals surface area contributed by atoms with E-state index >= 15 is 0 Å². The van der Waals surface area contributed by atoms with Crippen molar-refractivity contribution in [3.8, 4) is 0 Å². The third kappa shape index (κ3) is 2.24. The van der Waals surface area contributed by atoms with Gasteiger partial charge < -0.3 is 4.72 Å². The lowest BCUT2D eigenvalue weighted by Gasteiger charge is -2.11. The van der Waals surface area contributed by atoms with Gasteiger partial charge in [0.15, 0.2) is 0 Å². The highest BCUT2D eigenvalue weighted by atomic mass is 32.2. The number of allylic oxidation sites excluding steroid dienone is 1. The lowest BCUT2D eigenvalue weighted by molar-refractivity contribution is -0.115. The molecule has 0 radical (unpaired) electrons. The smallest absolute Gasteiger partial charge is 0.258 e. The van der Waals surface area contributed by atoms with Crippen molar-refractivity contribution >= 4 is 17.0 Å². The highest BCUT2D eigenvalue weighted by Crippen LogP contribution is 2.27. The molecule has 1 aliphatic rings. The molecule has 0 unspecified atom stereocenters. The molecule has 12 heavy (non-hydrogen) atoms. The third-order valence-electron chi connectivity index (χ3n) is 1.75. The molecule has 1 N–H and O–H groups in total. The molecule has 1 amide bonds. The Labute approximate surface area is 74.7 Å². The van der Waals surface area contributed by atoms with E-state index in [0.717, 1.165) is 6.42 Å². The molecule has 1 aliphatic carbocycles. The molecule has 0 bridgehead atoms. The van der Waals surface area contributed by atoms with E-state index in [4.69, 9.17) is 0 Å². The highest BCUT2D eigenvalue weighted by Gasteiger charge is 2.20. The Bertz CT molecular complexity index is 225. The van der Waals surface area contributed by atoms with Crippen LogP contribution in [0.4, 0.5) is 4.39 Å². The van der Waals surface area contributed by atoms with Crippen molar-refractivity contribution in [1.29, 1.82) is 0 Å². The normalized spacial score (nSPS) is 18.1. The highest BCUT2D eigenvalue weighted by molar-refractivity contribution is 8.14. The maximum Gasteiger partial charge on any atom is 0.258 e. The quantitative estimate of drug-likeness (QED) is 0.639. The molecule has 0 saturated heterocycles. The molecule has 0 saturated carbocycles. The summed E-state index contributed by atoms with van der Waals surface area (Å²) in [4.78, 5) is 11.3. The predicted octanol–water partition coefficient (Wildman–Crippen LogP) is 1.69. The van der Waals surface area contributed by atoms with Crippen molar-refractivity contribution in [2.75, 3.05) is 12.5 Å². The van der Waals surface area contributed by atoms with E-state index in [1.54, 1.807) is 0 Å². The minimum Gasteiger partial charge on any atom is -0.317 e. The van der Waals surface area contributed by atoms with Crippen LogP contribution >= 0.6 is 11.1 Å². The van der Waals surface area contributed by atoms with Crippen molar-refractivity contribution in [2.24, 2.45) is 0 Å². The summed E-state index contributed by atoms with van der Waals surface area (Å²) in [5.41, 5.74) is 0.367. The van der Waals surface area contributed by atoms with Gasteiger partial charge >= 0.3 is 0 Å². The van der Waals surface area contributed by atoms with Crippen LogP contribution in [0.25, 0.3) is 0 Å². The summed E-state index contributed by atoms with van der Waals surface area (Å²) in [6, 6.07) is 0. The van der Waals surface area contributed by atoms with Crippen LogP contribution in [0.5, 0.6) is 0 Å². The number of hydrogen-bond acceptors (Lipinski definition) is 1. The van der Waals surface area contributed by atoms with Crippen molar-refractivity contribution in [2.45, 2.75) is 19.3 Å². The summed E-state index contributed by atoms with van der Waals surface area (Å²) in [7, 11) is 0. The third-order valence-corrected chi connectivity index (χ3v) is 2.40. The van der Waals surface area contributed by atoms with E-state index in [9.17, 15) is 9.18 Å². The zero-order valence-corrected chi connectivity index (χ0v) is 8.25. The molecule has 0 heterocycles. The second-order valence-corrected chi connectivity index (χ2v) is 5.08. The number of rotatable bonds is 2. The maximum absolute atomic E-state index is 12.9. The summed E-state index contributed by atoms with van der Waals surface area (Å²) >= 11 is -0.475. The van der Waals surface area contributed by atoms with Gasteiger partial charge in [-0.15, -0.1) is 0 Å². The number of halogens is 1. The first-order valence-corrected chi connectivity index (χ1v) is 6.20. The molecule has 4 heteroatoms. The number of hydrogen-bond donors (Lipinski definition) is 2.